The number of benzene rings is 1. The highest BCUT2D eigenvalue weighted by atomic mass is 16.5. The van der Waals surface area contributed by atoms with Crippen LogP contribution < -0.4 is 14.8 Å². The van der Waals surface area contributed by atoms with Gasteiger partial charge in [-0.2, -0.15) is 0 Å². The van der Waals surface area contributed by atoms with Gasteiger partial charge in [0.15, 0.2) is 0 Å². The van der Waals surface area contributed by atoms with E-state index in [1.807, 2.05) is 13.8 Å². The van der Waals surface area contributed by atoms with Crippen LogP contribution >= 0.6 is 0 Å². The first-order valence-electron chi connectivity index (χ1n) is 7.17. The average Bonchev–Trinajstić information content (AvgIpc) is 2.43. The molecule has 22 heavy (non-hydrogen) atoms. The van der Waals surface area contributed by atoms with Gasteiger partial charge in [-0.1, -0.05) is 13.8 Å². The van der Waals surface area contributed by atoms with Crippen molar-refractivity contribution >= 4 is 11.9 Å². The van der Waals surface area contributed by atoms with Crippen molar-refractivity contribution in [3.05, 3.63) is 23.8 Å². The molecular weight excluding hydrogens is 286 g/mol. The first kappa shape index (κ1) is 17.8. The predicted molar refractivity (Wildman–Crippen MR) is 82.5 cm³/mol. The maximum Gasteiger partial charge on any atom is 0.305 e. The zero-order valence-corrected chi connectivity index (χ0v) is 13.4. The molecule has 0 spiro atoms. The highest BCUT2D eigenvalue weighted by Crippen LogP contribution is 2.25. The minimum absolute atomic E-state index is 0.135. The van der Waals surface area contributed by atoms with E-state index in [0.717, 1.165) is 0 Å². The number of methoxy groups -OCH3 is 1. The van der Waals surface area contributed by atoms with Crippen molar-refractivity contribution in [2.75, 3.05) is 13.7 Å². The Morgan fingerprint density at radius 1 is 1.27 bits per heavy atom. The summed E-state index contributed by atoms with van der Waals surface area (Å²) in [6, 6.07) is 4.46. The molecule has 0 fully saturated rings. The van der Waals surface area contributed by atoms with E-state index < -0.39 is 12.0 Å². The van der Waals surface area contributed by atoms with Crippen LogP contribution in [0.5, 0.6) is 11.5 Å². The molecule has 0 saturated heterocycles. The second-order valence-corrected chi connectivity index (χ2v) is 5.54. The highest BCUT2D eigenvalue weighted by molar-refractivity contribution is 5.97. The molecule has 122 valence electrons. The van der Waals surface area contributed by atoms with Gasteiger partial charge in [0.1, 0.15) is 11.5 Å². The topological polar surface area (TPSA) is 84.9 Å². The Morgan fingerprint density at radius 2 is 1.95 bits per heavy atom. The molecule has 0 aliphatic rings. The SMILES string of the molecule is COc1ccc(C(=O)NC(C)CC(=O)O)c(OCC(C)C)c1. The van der Waals surface area contributed by atoms with Gasteiger partial charge in [-0.15, -0.1) is 0 Å². The van der Waals surface area contributed by atoms with Crippen LogP contribution in [0.1, 0.15) is 37.6 Å². The predicted octanol–water partition coefficient (Wildman–Crippen LogP) is 2.32. The Morgan fingerprint density at radius 3 is 2.50 bits per heavy atom. The van der Waals surface area contributed by atoms with Gasteiger partial charge in [0, 0.05) is 12.1 Å². The molecule has 0 radical (unpaired) electrons. The Balaban J connectivity index is 2.90. The van der Waals surface area contributed by atoms with Crippen LogP contribution in [0.3, 0.4) is 0 Å². The maximum absolute atomic E-state index is 12.3. The normalized spacial score (nSPS) is 11.9. The number of carboxylic acids is 1. The van der Waals surface area contributed by atoms with Gasteiger partial charge in [0.2, 0.25) is 0 Å². The van der Waals surface area contributed by atoms with Gasteiger partial charge in [0.25, 0.3) is 5.91 Å². The molecule has 0 aliphatic carbocycles. The molecule has 1 aromatic rings. The van der Waals surface area contributed by atoms with Crippen LogP contribution in [0.15, 0.2) is 18.2 Å². The first-order valence-corrected chi connectivity index (χ1v) is 7.17. The average molecular weight is 309 g/mol. The summed E-state index contributed by atoms with van der Waals surface area (Å²) in [4.78, 5) is 22.9. The number of nitrogens with one attached hydrogen (secondary N) is 1. The summed E-state index contributed by atoms with van der Waals surface area (Å²) in [7, 11) is 1.54. The molecular formula is C16H23NO5. The van der Waals surface area contributed by atoms with E-state index in [1.165, 1.54) is 7.11 Å². The molecule has 1 atom stereocenters. The zero-order valence-electron chi connectivity index (χ0n) is 13.4. The maximum atomic E-state index is 12.3. The monoisotopic (exact) mass is 309 g/mol. The Labute approximate surface area is 130 Å². The first-order chi connectivity index (χ1) is 10.3. The third-order valence-electron chi connectivity index (χ3n) is 2.86. The third kappa shape index (κ3) is 5.63. The largest absolute Gasteiger partial charge is 0.497 e. The van der Waals surface area contributed by atoms with Crippen molar-refractivity contribution in [3.8, 4) is 11.5 Å². The summed E-state index contributed by atoms with van der Waals surface area (Å²) < 4.78 is 10.8. The summed E-state index contributed by atoms with van der Waals surface area (Å²) in [5.74, 6) is 0.00369. The van der Waals surface area contributed by atoms with Gasteiger partial charge in [-0.3, -0.25) is 9.59 Å². The Bertz CT molecular complexity index is 527. The minimum Gasteiger partial charge on any atom is -0.497 e. The lowest BCUT2D eigenvalue weighted by atomic mass is 10.1. The van der Waals surface area contributed by atoms with Gasteiger partial charge in [-0.05, 0) is 25.0 Å². The minimum atomic E-state index is -0.959. The quantitative estimate of drug-likeness (QED) is 0.770. The van der Waals surface area contributed by atoms with E-state index in [1.54, 1.807) is 25.1 Å². The number of carbonyl (C=O) groups is 2. The van der Waals surface area contributed by atoms with Gasteiger partial charge >= 0.3 is 5.97 Å². The van der Waals surface area contributed by atoms with Gasteiger partial charge in [0.05, 0.1) is 25.7 Å². The summed E-state index contributed by atoms with van der Waals surface area (Å²) in [5.41, 5.74) is 0.360. The Hall–Kier alpha value is -2.24. The number of rotatable bonds is 8. The van der Waals surface area contributed by atoms with Crippen molar-refractivity contribution in [2.24, 2.45) is 5.92 Å². The molecule has 2 N–H and O–H groups in total. The highest BCUT2D eigenvalue weighted by Gasteiger charge is 2.17. The van der Waals surface area contributed by atoms with E-state index in [9.17, 15) is 9.59 Å². The zero-order chi connectivity index (χ0) is 16.7. The van der Waals surface area contributed by atoms with Crippen LogP contribution in [-0.4, -0.2) is 36.7 Å². The fraction of sp³-hybridized carbons (Fsp3) is 0.500. The molecule has 0 bridgehead atoms. The number of ether oxygens (including phenoxy) is 2. The van der Waals surface area contributed by atoms with Gasteiger partial charge in [-0.25, -0.2) is 0 Å². The number of amides is 1. The molecule has 0 aromatic heterocycles. The fourth-order valence-corrected chi connectivity index (χ4v) is 1.81. The van der Waals surface area contributed by atoms with Gasteiger partial charge < -0.3 is 19.9 Å². The molecule has 6 nitrogen and oxygen atoms in total. The lowest BCUT2D eigenvalue weighted by molar-refractivity contribution is -0.137. The number of aliphatic carboxylic acids is 1. The Kier molecular flexibility index (Phi) is 6.69. The van der Waals surface area contributed by atoms with Crippen LogP contribution in [0.4, 0.5) is 0 Å². The van der Waals surface area contributed by atoms with E-state index in [2.05, 4.69) is 5.32 Å². The molecule has 0 aliphatic heterocycles. The van der Waals surface area contributed by atoms with Crippen molar-refractivity contribution < 1.29 is 24.2 Å². The summed E-state index contributed by atoms with van der Waals surface area (Å²) >= 11 is 0. The second kappa shape index (κ2) is 8.26. The van der Waals surface area contributed by atoms with Crippen molar-refractivity contribution in [1.82, 2.24) is 5.32 Å². The number of carboxylic acid groups (broad SMARTS) is 1. The van der Waals surface area contributed by atoms with Crippen LogP contribution in [0.25, 0.3) is 0 Å². The lowest BCUT2D eigenvalue weighted by Gasteiger charge is -2.16. The molecule has 1 aromatic carbocycles. The molecule has 0 heterocycles. The van der Waals surface area contributed by atoms with E-state index >= 15 is 0 Å². The molecule has 1 unspecified atom stereocenters. The molecule has 1 rings (SSSR count). The number of hydrogen-bond acceptors (Lipinski definition) is 4. The third-order valence-corrected chi connectivity index (χ3v) is 2.86. The standard InChI is InChI=1S/C16H23NO5/c1-10(2)9-22-14-8-12(21-4)5-6-13(14)16(20)17-11(3)7-15(18)19/h5-6,8,10-11H,7,9H2,1-4H3,(H,17,20)(H,18,19). The van der Waals surface area contributed by atoms with E-state index in [-0.39, 0.29) is 12.3 Å². The van der Waals surface area contributed by atoms with Crippen molar-refractivity contribution in [2.45, 2.75) is 33.2 Å². The van der Waals surface area contributed by atoms with Crippen LogP contribution in [0, 0.1) is 5.92 Å². The molecule has 1 amide bonds. The number of carbonyl (C=O) groups excluding carboxylic acids is 1. The summed E-state index contributed by atoms with van der Waals surface area (Å²) in [6.07, 6.45) is -0.135. The molecule has 6 heteroatoms. The lowest BCUT2D eigenvalue weighted by Crippen LogP contribution is -2.34. The van der Waals surface area contributed by atoms with E-state index in [0.29, 0.717) is 29.6 Å². The fourth-order valence-electron chi connectivity index (χ4n) is 1.81. The van der Waals surface area contributed by atoms with E-state index in [4.69, 9.17) is 14.6 Å². The summed E-state index contributed by atoms with van der Waals surface area (Å²) in [5, 5.41) is 11.4. The van der Waals surface area contributed by atoms with Crippen LogP contribution in [0.2, 0.25) is 0 Å². The van der Waals surface area contributed by atoms with Crippen LogP contribution in [-0.2, 0) is 4.79 Å². The number of hydrogen-bond donors (Lipinski definition) is 2. The van der Waals surface area contributed by atoms with Crippen molar-refractivity contribution in [3.63, 3.8) is 0 Å². The van der Waals surface area contributed by atoms with Crippen molar-refractivity contribution in [1.29, 1.82) is 0 Å². The summed E-state index contributed by atoms with van der Waals surface area (Å²) in [6.45, 7) is 6.13. The molecule has 0 saturated carbocycles. The smallest absolute Gasteiger partial charge is 0.305 e. The second-order valence-electron chi connectivity index (χ2n) is 5.54.